The van der Waals surface area contributed by atoms with Crippen LogP contribution >= 0.6 is 11.3 Å². The predicted octanol–water partition coefficient (Wildman–Crippen LogP) is 4.94. The van der Waals surface area contributed by atoms with Crippen molar-refractivity contribution >= 4 is 38.0 Å². The Labute approximate surface area is 200 Å². The molecule has 0 radical (unpaired) electrons. The smallest absolute Gasteiger partial charge is 0.257 e. The Bertz CT molecular complexity index is 1470. The fourth-order valence-electron chi connectivity index (χ4n) is 4.15. The second-order valence-electron chi connectivity index (χ2n) is 8.27. The van der Waals surface area contributed by atoms with Gasteiger partial charge >= 0.3 is 0 Å². The van der Waals surface area contributed by atoms with Crippen LogP contribution in [0.2, 0.25) is 0 Å². The Hall–Kier alpha value is -3.08. The molecule has 1 aliphatic rings. The van der Waals surface area contributed by atoms with Crippen LogP contribution in [0.5, 0.6) is 0 Å². The van der Waals surface area contributed by atoms with Crippen molar-refractivity contribution in [2.75, 3.05) is 18.4 Å². The van der Waals surface area contributed by atoms with Crippen molar-refractivity contribution in [1.29, 1.82) is 0 Å². The van der Waals surface area contributed by atoms with Crippen molar-refractivity contribution in [2.24, 2.45) is 0 Å². The molecular weight excluding hydrogens is 475 g/mol. The number of fused-ring (bicyclic) bond motifs is 1. The summed E-state index contributed by atoms with van der Waals surface area (Å²) in [6, 6.07) is 10.5. The van der Waals surface area contributed by atoms with Gasteiger partial charge in [0.25, 0.3) is 5.91 Å². The zero-order chi connectivity index (χ0) is 23.9. The lowest BCUT2D eigenvalue weighted by atomic mass is 10.1. The SMILES string of the molecule is Cc1ccc(S(=O)(=O)N2CCCCC2)cc1C(=O)Nc1c(-c2ccc(F)cc2)nc2sccn12. The summed E-state index contributed by atoms with van der Waals surface area (Å²) in [7, 11) is -3.68. The lowest BCUT2D eigenvalue weighted by Crippen LogP contribution is -2.35. The first kappa shape index (κ1) is 22.7. The minimum atomic E-state index is -3.68. The van der Waals surface area contributed by atoms with E-state index in [1.54, 1.807) is 41.8 Å². The number of carbonyl (C=O) groups is 1. The number of hydrogen-bond acceptors (Lipinski definition) is 5. The fraction of sp³-hybridized carbons (Fsp3) is 0.250. The van der Waals surface area contributed by atoms with Crippen LogP contribution in [-0.2, 0) is 10.0 Å². The Morgan fingerprint density at radius 1 is 1.09 bits per heavy atom. The van der Waals surface area contributed by atoms with Crippen LogP contribution in [0.15, 0.2) is 58.9 Å². The predicted molar refractivity (Wildman–Crippen MR) is 130 cm³/mol. The molecule has 1 amide bonds. The Kier molecular flexibility index (Phi) is 5.97. The number of carbonyl (C=O) groups excluding carboxylic acids is 1. The highest BCUT2D eigenvalue weighted by Gasteiger charge is 2.27. The van der Waals surface area contributed by atoms with Crippen LogP contribution in [0, 0.1) is 12.7 Å². The molecule has 1 fully saturated rings. The number of benzene rings is 2. The molecule has 2 aromatic heterocycles. The number of rotatable bonds is 5. The molecule has 10 heteroatoms. The van der Waals surface area contributed by atoms with Gasteiger partial charge in [-0.15, -0.1) is 11.3 Å². The minimum Gasteiger partial charge on any atom is -0.306 e. The molecule has 176 valence electrons. The molecule has 4 aromatic rings. The van der Waals surface area contributed by atoms with Gasteiger partial charge in [0.1, 0.15) is 17.3 Å². The van der Waals surface area contributed by atoms with Crippen molar-refractivity contribution in [3.05, 3.63) is 71.0 Å². The number of hydrogen-bond donors (Lipinski definition) is 1. The topological polar surface area (TPSA) is 83.8 Å². The number of aromatic nitrogens is 2. The number of aryl methyl sites for hydroxylation is 1. The Morgan fingerprint density at radius 3 is 2.56 bits per heavy atom. The monoisotopic (exact) mass is 498 g/mol. The van der Waals surface area contributed by atoms with Crippen molar-refractivity contribution in [2.45, 2.75) is 31.1 Å². The van der Waals surface area contributed by atoms with E-state index in [1.807, 2.05) is 5.38 Å². The zero-order valence-electron chi connectivity index (χ0n) is 18.5. The lowest BCUT2D eigenvalue weighted by molar-refractivity contribution is 0.102. The minimum absolute atomic E-state index is 0.109. The third-order valence-electron chi connectivity index (χ3n) is 6.02. The molecule has 0 atom stereocenters. The maximum absolute atomic E-state index is 13.4. The van der Waals surface area contributed by atoms with E-state index in [0.29, 0.717) is 40.7 Å². The van der Waals surface area contributed by atoms with Gasteiger partial charge in [-0.2, -0.15) is 4.31 Å². The first-order valence-electron chi connectivity index (χ1n) is 11.0. The van der Waals surface area contributed by atoms with Gasteiger partial charge in [-0.25, -0.2) is 17.8 Å². The average molecular weight is 499 g/mol. The van der Waals surface area contributed by atoms with E-state index < -0.39 is 15.9 Å². The average Bonchev–Trinajstić information content (AvgIpc) is 3.43. The molecule has 1 aliphatic heterocycles. The molecule has 3 heterocycles. The number of nitrogens with zero attached hydrogens (tertiary/aromatic N) is 3. The number of anilines is 1. The third kappa shape index (κ3) is 4.13. The summed E-state index contributed by atoms with van der Waals surface area (Å²) in [5, 5.41) is 4.76. The van der Waals surface area contributed by atoms with Gasteiger partial charge in [0.2, 0.25) is 10.0 Å². The van der Waals surface area contributed by atoms with Crippen LogP contribution in [0.4, 0.5) is 10.2 Å². The summed E-state index contributed by atoms with van der Waals surface area (Å²) in [6.07, 6.45) is 4.48. The molecule has 5 rings (SSSR count). The number of thiazole rings is 1. The number of imidazole rings is 1. The number of nitrogens with one attached hydrogen (secondary N) is 1. The summed E-state index contributed by atoms with van der Waals surface area (Å²) >= 11 is 1.41. The van der Waals surface area contributed by atoms with Crippen LogP contribution in [0.3, 0.4) is 0 Å². The van der Waals surface area contributed by atoms with Crippen LogP contribution < -0.4 is 5.32 Å². The summed E-state index contributed by atoms with van der Waals surface area (Å²) in [5.74, 6) is -0.362. The molecule has 34 heavy (non-hydrogen) atoms. The van der Waals surface area contributed by atoms with Crippen molar-refractivity contribution in [3.8, 4) is 11.3 Å². The molecule has 7 nitrogen and oxygen atoms in total. The van der Waals surface area contributed by atoms with E-state index in [1.165, 1.54) is 33.8 Å². The van der Waals surface area contributed by atoms with Crippen LogP contribution in [-0.4, -0.2) is 41.1 Å². The van der Waals surface area contributed by atoms with Gasteiger partial charge in [0, 0.05) is 35.8 Å². The van der Waals surface area contributed by atoms with Gasteiger partial charge in [-0.1, -0.05) is 12.5 Å². The number of piperidine rings is 1. The standard InChI is InChI=1S/C24H23FN4O3S2/c1-16-5-10-19(34(31,32)28-11-3-2-4-12-28)15-20(16)23(30)27-22-21(17-6-8-18(25)9-7-17)26-24-29(22)13-14-33-24/h5-10,13-15H,2-4,11-12H2,1H3,(H,27,30). The molecule has 0 saturated carbocycles. The van der Waals surface area contributed by atoms with Gasteiger partial charge in [0.15, 0.2) is 4.96 Å². The maximum Gasteiger partial charge on any atom is 0.257 e. The van der Waals surface area contributed by atoms with E-state index in [0.717, 1.165) is 19.3 Å². The molecule has 0 unspecified atom stereocenters. The molecule has 1 N–H and O–H groups in total. The van der Waals surface area contributed by atoms with Crippen LogP contribution in [0.25, 0.3) is 16.2 Å². The highest BCUT2D eigenvalue weighted by molar-refractivity contribution is 7.89. The van der Waals surface area contributed by atoms with E-state index >= 15 is 0 Å². The lowest BCUT2D eigenvalue weighted by Gasteiger charge is -2.26. The highest BCUT2D eigenvalue weighted by Crippen LogP contribution is 2.32. The van der Waals surface area contributed by atoms with E-state index in [4.69, 9.17) is 0 Å². The first-order valence-corrected chi connectivity index (χ1v) is 13.3. The highest BCUT2D eigenvalue weighted by atomic mass is 32.2. The van der Waals surface area contributed by atoms with Crippen molar-refractivity contribution < 1.29 is 17.6 Å². The quantitative estimate of drug-likeness (QED) is 0.423. The summed E-state index contributed by atoms with van der Waals surface area (Å²) < 4.78 is 43.0. The van der Waals surface area contributed by atoms with Crippen LogP contribution in [0.1, 0.15) is 35.2 Å². The summed E-state index contributed by atoms with van der Waals surface area (Å²) in [5.41, 5.74) is 2.10. The number of sulfonamides is 1. The molecule has 0 bridgehead atoms. The maximum atomic E-state index is 13.4. The third-order valence-corrected chi connectivity index (χ3v) is 8.67. The molecule has 1 saturated heterocycles. The molecule has 0 spiro atoms. The summed E-state index contributed by atoms with van der Waals surface area (Å²) in [4.78, 5) is 18.8. The number of halogens is 1. The van der Waals surface area contributed by atoms with Gasteiger partial charge in [0.05, 0.1) is 4.90 Å². The van der Waals surface area contributed by atoms with E-state index in [9.17, 15) is 17.6 Å². The normalized spacial score (nSPS) is 15.0. The second kappa shape index (κ2) is 8.94. The Morgan fingerprint density at radius 2 is 1.82 bits per heavy atom. The second-order valence-corrected chi connectivity index (χ2v) is 11.1. The van der Waals surface area contributed by atoms with Gasteiger partial charge in [-0.05, 0) is 61.7 Å². The van der Waals surface area contributed by atoms with Gasteiger partial charge < -0.3 is 5.32 Å². The zero-order valence-corrected chi connectivity index (χ0v) is 20.1. The number of amides is 1. The molecular formula is C24H23FN4O3S2. The van der Waals surface area contributed by atoms with Gasteiger partial charge in [-0.3, -0.25) is 9.20 Å². The Balaban J connectivity index is 1.51. The van der Waals surface area contributed by atoms with Crippen molar-refractivity contribution in [1.82, 2.24) is 13.7 Å². The first-order chi connectivity index (χ1) is 16.3. The summed E-state index contributed by atoms with van der Waals surface area (Å²) in [6.45, 7) is 2.75. The van der Waals surface area contributed by atoms with Crippen molar-refractivity contribution in [3.63, 3.8) is 0 Å². The van der Waals surface area contributed by atoms with E-state index in [-0.39, 0.29) is 16.3 Å². The fourth-order valence-corrected chi connectivity index (χ4v) is 6.41. The molecule has 2 aromatic carbocycles. The molecule has 0 aliphatic carbocycles. The largest absolute Gasteiger partial charge is 0.306 e. The van der Waals surface area contributed by atoms with E-state index in [2.05, 4.69) is 10.3 Å².